The van der Waals surface area contributed by atoms with E-state index in [1.54, 1.807) is 12.0 Å². The molecule has 1 aliphatic carbocycles. The number of carbonyl (C=O) groups excluding carboxylic acids is 1. The van der Waals surface area contributed by atoms with Crippen LogP contribution in [0.3, 0.4) is 0 Å². The second kappa shape index (κ2) is 8.20. The van der Waals surface area contributed by atoms with Crippen LogP contribution in [0.15, 0.2) is 42.5 Å². The molecule has 0 unspecified atom stereocenters. The van der Waals surface area contributed by atoms with Gasteiger partial charge in [0.25, 0.3) is 0 Å². The minimum atomic E-state index is -4.39. The first-order valence-electron chi connectivity index (χ1n) is 10.2. The fourth-order valence-electron chi connectivity index (χ4n) is 4.24. The van der Waals surface area contributed by atoms with Gasteiger partial charge in [0.05, 0.1) is 18.8 Å². The van der Waals surface area contributed by atoms with E-state index in [1.807, 2.05) is 18.2 Å². The van der Waals surface area contributed by atoms with Crippen molar-refractivity contribution in [2.24, 2.45) is 0 Å². The second-order valence-electron chi connectivity index (χ2n) is 7.88. The molecule has 1 heterocycles. The van der Waals surface area contributed by atoms with Crippen LogP contribution < -0.4 is 14.4 Å². The number of methoxy groups -OCH3 is 1. The molecule has 2 aliphatic rings. The Bertz CT molecular complexity index is 905. The number of alkyl halides is 3. The number of halogens is 3. The first kappa shape index (κ1) is 20.6. The fraction of sp³-hybridized carbons (Fsp3) is 0.435. The van der Waals surface area contributed by atoms with Crippen molar-refractivity contribution in [1.82, 2.24) is 0 Å². The number of ether oxygens (including phenoxy) is 2. The maximum Gasteiger partial charge on any atom is 0.416 e. The number of hydrogen-bond donors (Lipinski definition) is 0. The average Bonchev–Trinajstić information content (AvgIpc) is 3.37. The van der Waals surface area contributed by atoms with E-state index in [0.29, 0.717) is 30.2 Å². The van der Waals surface area contributed by atoms with E-state index in [1.165, 1.54) is 12.1 Å². The predicted molar refractivity (Wildman–Crippen MR) is 107 cm³/mol. The monoisotopic (exact) mass is 419 g/mol. The molecule has 1 atom stereocenters. The van der Waals surface area contributed by atoms with Crippen LogP contribution in [0.4, 0.5) is 18.9 Å². The molecule has 30 heavy (non-hydrogen) atoms. The van der Waals surface area contributed by atoms with Gasteiger partial charge in [-0.2, -0.15) is 13.2 Å². The standard InChI is InChI=1S/C23H24F3NO3/c1-29-20-11-6-15(12-21(20)30-19-4-2-3-5-19)16-13-22(28)27(14-16)18-9-7-17(8-10-18)23(24,25)26/h6-12,16,19H,2-5,13-14H2,1H3/t16-/m1/s1. The van der Waals surface area contributed by atoms with Gasteiger partial charge in [0.2, 0.25) is 5.91 Å². The lowest BCUT2D eigenvalue weighted by atomic mass is 9.98. The van der Waals surface area contributed by atoms with Gasteiger partial charge < -0.3 is 14.4 Å². The largest absolute Gasteiger partial charge is 0.493 e. The molecule has 0 bridgehead atoms. The molecule has 2 aromatic carbocycles. The Morgan fingerprint density at radius 3 is 2.33 bits per heavy atom. The SMILES string of the molecule is COc1ccc([C@@H]2CC(=O)N(c3ccc(C(F)(F)F)cc3)C2)cc1OC1CCCC1. The van der Waals surface area contributed by atoms with Crippen molar-refractivity contribution in [3.05, 3.63) is 53.6 Å². The molecule has 0 N–H and O–H groups in total. The van der Waals surface area contributed by atoms with Crippen LogP contribution in [0, 0.1) is 0 Å². The summed E-state index contributed by atoms with van der Waals surface area (Å²) in [6, 6.07) is 10.4. The predicted octanol–water partition coefficient (Wildman–Crippen LogP) is 5.56. The van der Waals surface area contributed by atoms with Crippen LogP contribution in [0.5, 0.6) is 11.5 Å². The number of amides is 1. The molecule has 7 heteroatoms. The first-order chi connectivity index (χ1) is 14.3. The lowest BCUT2D eigenvalue weighted by Crippen LogP contribution is -2.24. The van der Waals surface area contributed by atoms with E-state index in [9.17, 15) is 18.0 Å². The molecule has 4 rings (SSSR count). The van der Waals surface area contributed by atoms with Gasteiger partial charge in [-0.25, -0.2) is 0 Å². The number of anilines is 1. The number of hydrogen-bond acceptors (Lipinski definition) is 3. The fourth-order valence-corrected chi connectivity index (χ4v) is 4.24. The molecule has 1 aliphatic heterocycles. The zero-order valence-corrected chi connectivity index (χ0v) is 16.7. The number of benzene rings is 2. The van der Waals surface area contributed by atoms with Crippen LogP contribution in [0.1, 0.15) is 49.1 Å². The average molecular weight is 419 g/mol. The highest BCUT2D eigenvalue weighted by Crippen LogP contribution is 2.38. The van der Waals surface area contributed by atoms with Gasteiger partial charge in [-0.15, -0.1) is 0 Å². The van der Waals surface area contributed by atoms with E-state index in [2.05, 4.69) is 0 Å². The van der Waals surface area contributed by atoms with Gasteiger partial charge in [-0.1, -0.05) is 6.07 Å². The Hall–Kier alpha value is -2.70. The normalized spacial score (nSPS) is 20.1. The number of carbonyl (C=O) groups is 1. The van der Waals surface area contributed by atoms with Gasteiger partial charge in [0.1, 0.15) is 0 Å². The summed E-state index contributed by atoms with van der Waals surface area (Å²) < 4.78 is 50.0. The lowest BCUT2D eigenvalue weighted by molar-refractivity contribution is -0.137. The van der Waals surface area contributed by atoms with Crippen molar-refractivity contribution in [3.63, 3.8) is 0 Å². The molecule has 2 fully saturated rings. The molecule has 4 nitrogen and oxygen atoms in total. The van der Waals surface area contributed by atoms with Crippen LogP contribution in [-0.2, 0) is 11.0 Å². The first-order valence-corrected chi connectivity index (χ1v) is 10.2. The smallest absolute Gasteiger partial charge is 0.416 e. The third-order valence-corrected chi connectivity index (χ3v) is 5.89. The zero-order chi connectivity index (χ0) is 21.3. The summed E-state index contributed by atoms with van der Waals surface area (Å²) >= 11 is 0. The quantitative estimate of drug-likeness (QED) is 0.637. The maximum absolute atomic E-state index is 12.8. The van der Waals surface area contributed by atoms with Gasteiger partial charge in [-0.3, -0.25) is 4.79 Å². The molecule has 2 aromatic rings. The van der Waals surface area contributed by atoms with Crippen molar-refractivity contribution >= 4 is 11.6 Å². The Morgan fingerprint density at radius 1 is 1.00 bits per heavy atom. The summed E-state index contributed by atoms with van der Waals surface area (Å²) in [5, 5.41) is 0. The highest BCUT2D eigenvalue weighted by molar-refractivity contribution is 5.96. The zero-order valence-electron chi connectivity index (χ0n) is 16.7. The van der Waals surface area contributed by atoms with Gasteiger partial charge in [-0.05, 0) is 67.6 Å². The summed E-state index contributed by atoms with van der Waals surface area (Å²) in [7, 11) is 1.60. The van der Waals surface area contributed by atoms with E-state index < -0.39 is 11.7 Å². The number of rotatable bonds is 5. The highest BCUT2D eigenvalue weighted by atomic mass is 19.4. The molecule has 0 spiro atoms. The molecule has 160 valence electrons. The van der Waals surface area contributed by atoms with Gasteiger partial charge in [0, 0.05) is 24.6 Å². The summed E-state index contributed by atoms with van der Waals surface area (Å²) in [5.74, 6) is 1.18. The van der Waals surface area contributed by atoms with E-state index in [0.717, 1.165) is 43.4 Å². The Labute approximate surface area is 173 Å². The third-order valence-electron chi connectivity index (χ3n) is 5.89. The third kappa shape index (κ3) is 4.25. The van der Waals surface area contributed by atoms with Crippen LogP contribution in [0.25, 0.3) is 0 Å². The molecule has 0 aromatic heterocycles. The van der Waals surface area contributed by atoms with E-state index in [4.69, 9.17) is 9.47 Å². The molecule has 1 saturated heterocycles. The summed E-state index contributed by atoms with van der Waals surface area (Å²) in [6.45, 7) is 0.416. The summed E-state index contributed by atoms with van der Waals surface area (Å²) in [4.78, 5) is 14.1. The minimum Gasteiger partial charge on any atom is -0.493 e. The van der Waals surface area contributed by atoms with Crippen LogP contribution in [0.2, 0.25) is 0 Å². The molecule has 1 amide bonds. The van der Waals surface area contributed by atoms with Gasteiger partial charge >= 0.3 is 6.18 Å². The van der Waals surface area contributed by atoms with Crippen molar-refractivity contribution in [2.75, 3.05) is 18.6 Å². The highest BCUT2D eigenvalue weighted by Gasteiger charge is 2.34. The van der Waals surface area contributed by atoms with Crippen molar-refractivity contribution < 1.29 is 27.4 Å². The Kier molecular flexibility index (Phi) is 5.62. The van der Waals surface area contributed by atoms with Crippen molar-refractivity contribution in [3.8, 4) is 11.5 Å². The molecule has 1 saturated carbocycles. The molecular formula is C23H24F3NO3. The summed E-state index contributed by atoms with van der Waals surface area (Å²) in [5.41, 5.74) is 0.719. The van der Waals surface area contributed by atoms with Crippen molar-refractivity contribution in [2.45, 2.75) is 50.3 Å². The number of nitrogens with zero attached hydrogens (tertiary/aromatic N) is 1. The van der Waals surface area contributed by atoms with E-state index in [-0.39, 0.29) is 17.9 Å². The Balaban J connectivity index is 1.52. The molecule has 0 radical (unpaired) electrons. The lowest BCUT2D eigenvalue weighted by Gasteiger charge is -2.20. The van der Waals surface area contributed by atoms with E-state index >= 15 is 0 Å². The van der Waals surface area contributed by atoms with Crippen LogP contribution in [-0.4, -0.2) is 25.7 Å². The van der Waals surface area contributed by atoms with Crippen molar-refractivity contribution in [1.29, 1.82) is 0 Å². The molecular weight excluding hydrogens is 395 g/mol. The minimum absolute atomic E-state index is 0.0587. The maximum atomic E-state index is 12.8. The summed E-state index contributed by atoms with van der Waals surface area (Å²) in [6.07, 6.45) is 0.458. The second-order valence-corrected chi connectivity index (χ2v) is 7.88. The van der Waals surface area contributed by atoms with Gasteiger partial charge in [0.15, 0.2) is 11.5 Å². The topological polar surface area (TPSA) is 38.8 Å². The Morgan fingerprint density at radius 2 is 1.70 bits per heavy atom. The van der Waals surface area contributed by atoms with Crippen LogP contribution >= 0.6 is 0 Å².